The van der Waals surface area contributed by atoms with Gasteiger partial charge in [-0.1, -0.05) is 5.57 Å². The summed E-state index contributed by atoms with van der Waals surface area (Å²) < 4.78 is 0. The maximum Gasteiger partial charge on any atom is 0.0265 e. The van der Waals surface area contributed by atoms with Gasteiger partial charge in [-0.3, -0.25) is 0 Å². The molecule has 0 aromatic carbocycles. The van der Waals surface area contributed by atoms with Crippen LogP contribution in [0.1, 0.15) is 19.3 Å². The van der Waals surface area contributed by atoms with Crippen LogP contribution in [0.3, 0.4) is 0 Å². The van der Waals surface area contributed by atoms with Crippen molar-refractivity contribution in [2.24, 2.45) is 0 Å². The average molecular weight is 172 g/mol. The third-order valence-corrected chi connectivity index (χ3v) is 4.46. The molecule has 2 heterocycles. The zero-order valence-electron chi connectivity index (χ0n) is 6.01. The van der Waals surface area contributed by atoms with Crippen molar-refractivity contribution in [2.45, 2.75) is 24.5 Å². The highest BCUT2D eigenvalue weighted by molar-refractivity contribution is 8.02. The van der Waals surface area contributed by atoms with Gasteiger partial charge in [0.2, 0.25) is 0 Å². The molecule has 0 radical (unpaired) electrons. The summed E-state index contributed by atoms with van der Waals surface area (Å²) in [4.78, 5) is 0. The second kappa shape index (κ2) is 3.22. The molecule has 56 valence electrons. The van der Waals surface area contributed by atoms with Crippen molar-refractivity contribution < 1.29 is 0 Å². The number of thioether (sulfide) groups is 2. The molecular formula is C8H12S2. The molecule has 0 aliphatic carbocycles. The first-order valence-electron chi connectivity index (χ1n) is 3.89. The summed E-state index contributed by atoms with van der Waals surface area (Å²) in [5.74, 6) is 2.74. The van der Waals surface area contributed by atoms with Crippen LogP contribution >= 0.6 is 23.5 Å². The van der Waals surface area contributed by atoms with Gasteiger partial charge in [-0.2, -0.15) is 11.8 Å². The van der Waals surface area contributed by atoms with Gasteiger partial charge < -0.3 is 0 Å². The Morgan fingerprint density at radius 3 is 3.00 bits per heavy atom. The van der Waals surface area contributed by atoms with Crippen LogP contribution in [0.5, 0.6) is 0 Å². The van der Waals surface area contributed by atoms with E-state index < -0.39 is 0 Å². The minimum absolute atomic E-state index is 0.912. The fraction of sp³-hybridized carbons (Fsp3) is 0.750. The quantitative estimate of drug-likeness (QED) is 0.596. The lowest BCUT2D eigenvalue weighted by Crippen LogP contribution is -1.99. The van der Waals surface area contributed by atoms with Gasteiger partial charge in [0, 0.05) is 11.0 Å². The van der Waals surface area contributed by atoms with Crippen molar-refractivity contribution in [3.63, 3.8) is 0 Å². The first-order valence-corrected chi connectivity index (χ1v) is 5.99. The summed E-state index contributed by atoms with van der Waals surface area (Å²) >= 11 is 4.15. The van der Waals surface area contributed by atoms with Crippen LogP contribution in [0.4, 0.5) is 0 Å². The predicted molar refractivity (Wildman–Crippen MR) is 50.6 cm³/mol. The Morgan fingerprint density at radius 2 is 2.40 bits per heavy atom. The van der Waals surface area contributed by atoms with Gasteiger partial charge in [0.1, 0.15) is 0 Å². The Morgan fingerprint density at radius 1 is 1.40 bits per heavy atom. The van der Waals surface area contributed by atoms with Crippen molar-refractivity contribution >= 4 is 23.5 Å². The zero-order chi connectivity index (χ0) is 6.81. The average Bonchev–Trinajstić information content (AvgIpc) is 2.59. The summed E-state index contributed by atoms with van der Waals surface area (Å²) in [5.41, 5.74) is 1.73. The van der Waals surface area contributed by atoms with E-state index in [-0.39, 0.29) is 0 Å². The monoisotopic (exact) mass is 172 g/mol. The van der Waals surface area contributed by atoms with Crippen LogP contribution in [-0.2, 0) is 0 Å². The van der Waals surface area contributed by atoms with Crippen LogP contribution in [0.25, 0.3) is 0 Å². The highest BCUT2D eigenvalue weighted by Gasteiger charge is 2.21. The molecule has 0 nitrogen and oxygen atoms in total. The molecule has 1 fully saturated rings. The van der Waals surface area contributed by atoms with Gasteiger partial charge in [-0.05, 0) is 30.4 Å². The molecule has 2 aliphatic rings. The molecule has 1 atom stereocenters. The Balaban J connectivity index is 1.97. The SMILES string of the molecule is C1=C(C2CCCS2)CCS1. The second-order valence-electron chi connectivity index (χ2n) is 2.82. The Bertz CT molecular complexity index is 145. The van der Waals surface area contributed by atoms with E-state index in [4.69, 9.17) is 0 Å². The van der Waals surface area contributed by atoms with Gasteiger partial charge in [-0.15, -0.1) is 11.8 Å². The Labute approximate surface area is 70.8 Å². The van der Waals surface area contributed by atoms with Crippen LogP contribution in [0.2, 0.25) is 0 Å². The molecule has 2 heteroatoms. The lowest BCUT2D eigenvalue weighted by atomic mass is 10.1. The Kier molecular flexibility index (Phi) is 2.29. The smallest absolute Gasteiger partial charge is 0.0265 e. The molecule has 1 saturated heterocycles. The topological polar surface area (TPSA) is 0 Å². The molecule has 0 aromatic rings. The van der Waals surface area contributed by atoms with Gasteiger partial charge in [0.05, 0.1) is 0 Å². The van der Waals surface area contributed by atoms with Crippen LogP contribution < -0.4 is 0 Å². The number of hydrogen-bond donors (Lipinski definition) is 0. The minimum atomic E-state index is 0.912. The predicted octanol–water partition coefficient (Wildman–Crippen LogP) is 2.90. The van der Waals surface area contributed by atoms with Gasteiger partial charge >= 0.3 is 0 Å². The van der Waals surface area contributed by atoms with E-state index in [1.165, 1.54) is 30.8 Å². The normalized spacial score (nSPS) is 32.8. The lowest BCUT2D eigenvalue weighted by molar-refractivity contribution is 0.833. The molecule has 0 N–H and O–H groups in total. The van der Waals surface area contributed by atoms with Gasteiger partial charge in [0.25, 0.3) is 0 Å². The van der Waals surface area contributed by atoms with E-state index in [2.05, 4.69) is 17.2 Å². The first-order chi connectivity index (χ1) is 4.97. The third kappa shape index (κ3) is 1.37. The molecule has 2 aliphatic heterocycles. The van der Waals surface area contributed by atoms with E-state index >= 15 is 0 Å². The summed E-state index contributed by atoms with van der Waals surface area (Å²) in [6.45, 7) is 0. The molecule has 0 amide bonds. The molecule has 0 spiro atoms. The van der Waals surface area contributed by atoms with Crippen molar-refractivity contribution in [2.75, 3.05) is 11.5 Å². The van der Waals surface area contributed by atoms with Gasteiger partial charge in [-0.25, -0.2) is 0 Å². The highest BCUT2D eigenvalue weighted by Crippen LogP contribution is 2.37. The van der Waals surface area contributed by atoms with E-state index in [0.717, 1.165) is 5.25 Å². The van der Waals surface area contributed by atoms with Gasteiger partial charge in [0.15, 0.2) is 0 Å². The number of hydrogen-bond acceptors (Lipinski definition) is 2. The lowest BCUT2D eigenvalue weighted by Gasteiger charge is -2.07. The summed E-state index contributed by atoms with van der Waals surface area (Å²) in [5, 5.41) is 3.30. The van der Waals surface area contributed by atoms with Crippen molar-refractivity contribution in [1.82, 2.24) is 0 Å². The molecule has 0 aromatic heterocycles. The van der Waals surface area contributed by atoms with Crippen molar-refractivity contribution in [1.29, 1.82) is 0 Å². The Hall–Kier alpha value is 0.440. The van der Waals surface area contributed by atoms with E-state index in [9.17, 15) is 0 Å². The highest BCUT2D eigenvalue weighted by atomic mass is 32.2. The summed E-state index contributed by atoms with van der Waals surface area (Å²) in [6.07, 6.45) is 4.25. The molecule has 0 saturated carbocycles. The molecular weight excluding hydrogens is 160 g/mol. The fourth-order valence-corrected chi connectivity index (χ4v) is 3.91. The largest absolute Gasteiger partial charge is 0.154 e. The minimum Gasteiger partial charge on any atom is -0.154 e. The van der Waals surface area contributed by atoms with Crippen LogP contribution in [-0.4, -0.2) is 16.8 Å². The van der Waals surface area contributed by atoms with Crippen LogP contribution in [0, 0.1) is 0 Å². The third-order valence-electron chi connectivity index (χ3n) is 2.09. The van der Waals surface area contributed by atoms with Crippen molar-refractivity contribution in [3.05, 3.63) is 11.0 Å². The summed E-state index contributed by atoms with van der Waals surface area (Å²) in [7, 11) is 0. The zero-order valence-corrected chi connectivity index (χ0v) is 7.64. The van der Waals surface area contributed by atoms with Crippen LogP contribution in [0.15, 0.2) is 11.0 Å². The molecule has 1 unspecified atom stereocenters. The summed E-state index contributed by atoms with van der Waals surface area (Å²) in [6, 6.07) is 0. The number of rotatable bonds is 1. The first kappa shape index (κ1) is 7.11. The molecule has 2 rings (SSSR count). The second-order valence-corrected chi connectivity index (χ2v) is 5.10. The fourth-order valence-electron chi connectivity index (χ4n) is 1.51. The maximum atomic E-state index is 2.39. The van der Waals surface area contributed by atoms with E-state index in [1.807, 2.05) is 11.8 Å². The van der Waals surface area contributed by atoms with E-state index in [0.29, 0.717) is 0 Å². The van der Waals surface area contributed by atoms with E-state index in [1.54, 1.807) is 5.57 Å². The molecule has 0 bridgehead atoms. The van der Waals surface area contributed by atoms with Crippen molar-refractivity contribution in [3.8, 4) is 0 Å². The maximum absolute atomic E-state index is 2.39. The standard InChI is InChI=1S/C8H12S2/c1-2-8(10-4-1)7-3-5-9-6-7/h6,8H,1-5H2. The molecule has 10 heavy (non-hydrogen) atoms.